The standard InChI is InChI=1S/C18H38O2Si2/c1-15(19-21(7,8)9)13-17(3,4)18(5,6)14-16(2)20-22(10,11)12/h13-14H,1-12H3/b15-13-,16-14-. The summed E-state index contributed by atoms with van der Waals surface area (Å²) in [5.74, 6) is 2.07. The Morgan fingerprint density at radius 1 is 0.636 bits per heavy atom. The molecule has 0 radical (unpaired) electrons. The lowest BCUT2D eigenvalue weighted by molar-refractivity contribution is 0.217. The van der Waals surface area contributed by atoms with Crippen LogP contribution >= 0.6 is 0 Å². The summed E-state index contributed by atoms with van der Waals surface area (Å²) in [5, 5.41) is 0. The zero-order valence-electron chi connectivity index (χ0n) is 17.0. The highest BCUT2D eigenvalue weighted by Crippen LogP contribution is 2.43. The largest absolute Gasteiger partial charge is 0.548 e. The first-order chi connectivity index (χ1) is 9.45. The van der Waals surface area contributed by atoms with Crippen molar-refractivity contribution in [1.82, 2.24) is 0 Å². The Kier molecular flexibility index (Phi) is 6.80. The van der Waals surface area contributed by atoms with Gasteiger partial charge in [0.1, 0.15) is 0 Å². The van der Waals surface area contributed by atoms with Crippen molar-refractivity contribution in [3.05, 3.63) is 23.7 Å². The molecule has 0 rings (SSSR count). The van der Waals surface area contributed by atoms with Crippen LogP contribution in [0.5, 0.6) is 0 Å². The third-order valence-corrected chi connectivity index (χ3v) is 5.59. The molecule has 0 saturated carbocycles. The maximum Gasteiger partial charge on any atom is 0.241 e. The van der Waals surface area contributed by atoms with E-state index in [0.29, 0.717) is 0 Å². The highest BCUT2D eigenvalue weighted by molar-refractivity contribution is 6.70. The minimum Gasteiger partial charge on any atom is -0.548 e. The number of hydrogen-bond acceptors (Lipinski definition) is 2. The first kappa shape index (κ1) is 21.5. The molecule has 4 heteroatoms. The highest BCUT2D eigenvalue weighted by Gasteiger charge is 2.35. The van der Waals surface area contributed by atoms with Crippen LogP contribution in [0.1, 0.15) is 41.5 Å². The van der Waals surface area contributed by atoms with Gasteiger partial charge < -0.3 is 8.85 Å². The summed E-state index contributed by atoms with van der Waals surface area (Å²) in [6, 6.07) is 0. The lowest BCUT2D eigenvalue weighted by Crippen LogP contribution is -2.32. The van der Waals surface area contributed by atoms with Crippen molar-refractivity contribution >= 4 is 16.6 Å². The summed E-state index contributed by atoms with van der Waals surface area (Å²) in [4.78, 5) is 0. The first-order valence-electron chi connectivity index (χ1n) is 8.22. The van der Waals surface area contributed by atoms with Crippen LogP contribution in [0.2, 0.25) is 39.3 Å². The fourth-order valence-corrected chi connectivity index (χ4v) is 4.46. The number of rotatable bonds is 7. The van der Waals surface area contributed by atoms with Crippen LogP contribution in [0.4, 0.5) is 0 Å². The molecule has 0 heterocycles. The second-order valence-electron chi connectivity index (χ2n) is 9.38. The van der Waals surface area contributed by atoms with E-state index in [1.54, 1.807) is 0 Å². The van der Waals surface area contributed by atoms with E-state index < -0.39 is 16.6 Å². The zero-order chi connectivity index (χ0) is 18.0. The molecule has 0 fully saturated rings. The van der Waals surface area contributed by atoms with Crippen molar-refractivity contribution in [1.29, 1.82) is 0 Å². The Labute approximate surface area is 141 Å². The summed E-state index contributed by atoms with van der Waals surface area (Å²) in [6.07, 6.45) is 4.53. The SMILES string of the molecule is C/C(=C/C(C)(C)C(C)(C)/C=C(/C)O[Si](C)(C)C)O[Si](C)(C)C. The predicted octanol–water partition coefficient (Wildman–Crippen LogP) is 6.55. The second kappa shape index (κ2) is 6.95. The minimum absolute atomic E-state index is 0.0131. The average Bonchev–Trinajstić information content (AvgIpc) is 2.06. The molecule has 0 aliphatic carbocycles. The summed E-state index contributed by atoms with van der Waals surface area (Å²) in [6.45, 7) is 26.5. The smallest absolute Gasteiger partial charge is 0.241 e. The second-order valence-corrected chi connectivity index (χ2v) is 18.2. The van der Waals surface area contributed by atoms with Gasteiger partial charge in [0, 0.05) is 0 Å². The summed E-state index contributed by atoms with van der Waals surface area (Å²) in [7, 11) is -3.09. The molecule has 0 bridgehead atoms. The Bertz CT molecular complexity index is 391. The number of hydrogen-bond donors (Lipinski definition) is 0. The van der Waals surface area contributed by atoms with Crippen LogP contribution in [-0.4, -0.2) is 16.6 Å². The third-order valence-electron chi connectivity index (χ3n) is 3.72. The molecule has 130 valence electrons. The lowest BCUT2D eigenvalue weighted by Gasteiger charge is -2.39. The Morgan fingerprint density at radius 3 is 1.05 bits per heavy atom. The molecular formula is C18H38O2Si2. The normalized spacial score (nSPS) is 15.8. The molecule has 0 saturated heterocycles. The van der Waals surface area contributed by atoms with Gasteiger partial charge >= 0.3 is 0 Å². The van der Waals surface area contributed by atoms with Crippen LogP contribution in [0.25, 0.3) is 0 Å². The fourth-order valence-electron chi connectivity index (χ4n) is 2.41. The number of allylic oxidation sites excluding steroid dienone is 4. The molecule has 0 N–H and O–H groups in total. The van der Waals surface area contributed by atoms with Crippen molar-refractivity contribution < 1.29 is 8.85 Å². The average molecular weight is 343 g/mol. The van der Waals surface area contributed by atoms with Crippen LogP contribution < -0.4 is 0 Å². The van der Waals surface area contributed by atoms with E-state index in [9.17, 15) is 0 Å². The quantitative estimate of drug-likeness (QED) is 0.386. The van der Waals surface area contributed by atoms with Crippen molar-refractivity contribution in [2.45, 2.75) is 80.8 Å². The molecule has 0 unspecified atom stereocenters. The van der Waals surface area contributed by atoms with Gasteiger partial charge in [0.2, 0.25) is 16.6 Å². The van der Waals surface area contributed by atoms with Gasteiger partial charge in [-0.15, -0.1) is 0 Å². The Morgan fingerprint density at radius 2 is 0.864 bits per heavy atom. The molecule has 0 aliphatic heterocycles. The van der Waals surface area contributed by atoms with Gasteiger partial charge in [-0.25, -0.2) is 0 Å². The van der Waals surface area contributed by atoms with Gasteiger partial charge in [0.15, 0.2) is 0 Å². The molecule has 0 aromatic heterocycles. The van der Waals surface area contributed by atoms with Crippen molar-refractivity contribution in [3.8, 4) is 0 Å². The molecule has 0 spiro atoms. The van der Waals surface area contributed by atoms with Gasteiger partial charge in [0.05, 0.1) is 11.5 Å². The van der Waals surface area contributed by atoms with Crippen LogP contribution in [-0.2, 0) is 8.85 Å². The van der Waals surface area contributed by atoms with E-state index in [1.807, 2.05) is 0 Å². The molecule has 2 nitrogen and oxygen atoms in total. The summed E-state index contributed by atoms with van der Waals surface area (Å²) < 4.78 is 12.2. The van der Waals surface area contributed by atoms with E-state index >= 15 is 0 Å². The van der Waals surface area contributed by atoms with E-state index in [1.165, 1.54) is 0 Å². The molecule has 0 amide bonds. The van der Waals surface area contributed by atoms with Crippen molar-refractivity contribution in [2.75, 3.05) is 0 Å². The van der Waals surface area contributed by atoms with Gasteiger partial charge in [-0.1, -0.05) is 27.7 Å². The predicted molar refractivity (Wildman–Crippen MR) is 104 cm³/mol. The maximum absolute atomic E-state index is 6.11. The third kappa shape index (κ3) is 8.23. The summed E-state index contributed by atoms with van der Waals surface area (Å²) in [5.41, 5.74) is -0.0262. The fraction of sp³-hybridized carbons (Fsp3) is 0.778. The molecule has 0 aromatic carbocycles. The van der Waals surface area contributed by atoms with E-state index in [4.69, 9.17) is 8.85 Å². The highest BCUT2D eigenvalue weighted by atomic mass is 28.4. The van der Waals surface area contributed by atoms with Gasteiger partial charge in [-0.05, 0) is 76.1 Å². The molecule has 22 heavy (non-hydrogen) atoms. The van der Waals surface area contributed by atoms with Crippen LogP contribution in [0, 0.1) is 10.8 Å². The van der Waals surface area contributed by atoms with E-state index in [-0.39, 0.29) is 10.8 Å². The van der Waals surface area contributed by atoms with Gasteiger partial charge in [-0.3, -0.25) is 0 Å². The zero-order valence-corrected chi connectivity index (χ0v) is 19.0. The van der Waals surface area contributed by atoms with E-state index in [0.717, 1.165) is 11.5 Å². The lowest BCUT2D eigenvalue weighted by atomic mass is 9.67. The topological polar surface area (TPSA) is 18.5 Å². The molecule has 0 aromatic rings. The van der Waals surface area contributed by atoms with Crippen LogP contribution in [0.15, 0.2) is 23.7 Å². The van der Waals surface area contributed by atoms with Crippen molar-refractivity contribution in [2.24, 2.45) is 10.8 Å². The molecule has 0 aliphatic rings. The first-order valence-corrected chi connectivity index (χ1v) is 15.0. The maximum atomic E-state index is 6.11. The van der Waals surface area contributed by atoms with E-state index in [2.05, 4.69) is 93.0 Å². The van der Waals surface area contributed by atoms with Gasteiger partial charge in [0.25, 0.3) is 0 Å². The Hall–Kier alpha value is -0.486. The van der Waals surface area contributed by atoms with Gasteiger partial charge in [-0.2, -0.15) is 0 Å². The summed E-state index contributed by atoms with van der Waals surface area (Å²) >= 11 is 0. The monoisotopic (exact) mass is 342 g/mol. The Balaban J connectivity index is 5.32. The van der Waals surface area contributed by atoms with Crippen molar-refractivity contribution in [3.63, 3.8) is 0 Å². The molecule has 0 atom stereocenters. The molecular weight excluding hydrogens is 304 g/mol. The van der Waals surface area contributed by atoms with Crippen LogP contribution in [0.3, 0.4) is 0 Å². The minimum atomic E-state index is -1.55.